The summed E-state index contributed by atoms with van der Waals surface area (Å²) in [5.41, 5.74) is 14.4. The molecule has 3 aromatic heterocycles. The van der Waals surface area contributed by atoms with Gasteiger partial charge in [-0.25, -0.2) is 9.67 Å². The van der Waals surface area contributed by atoms with E-state index < -0.39 is 0 Å². The fourth-order valence-electron chi connectivity index (χ4n) is 7.68. The van der Waals surface area contributed by atoms with Crippen LogP contribution < -0.4 is 4.74 Å². The second-order valence-electron chi connectivity index (χ2n) is 15.9. The van der Waals surface area contributed by atoms with Crippen LogP contribution in [0.5, 0.6) is 11.5 Å². The number of fused-ring (bicyclic) bond motifs is 3. The Morgan fingerprint density at radius 2 is 1.48 bits per heavy atom. The Hall–Kier alpha value is -5.16. The third-order valence-corrected chi connectivity index (χ3v) is 10.5. The second-order valence-corrected chi connectivity index (χ2v) is 15.9. The molecular formula is C47H52N4O. The second kappa shape index (κ2) is 13.8. The highest BCUT2D eigenvalue weighted by Crippen LogP contribution is 2.39. The van der Waals surface area contributed by atoms with Gasteiger partial charge in [0, 0.05) is 40.4 Å². The van der Waals surface area contributed by atoms with E-state index in [-0.39, 0.29) is 5.41 Å². The van der Waals surface area contributed by atoms with E-state index in [4.69, 9.17) is 14.8 Å². The largest absolute Gasteiger partial charge is 0.457 e. The maximum atomic E-state index is 6.77. The summed E-state index contributed by atoms with van der Waals surface area (Å²) < 4.78 is 11.1. The van der Waals surface area contributed by atoms with Crippen LogP contribution in [-0.2, 0) is 11.8 Å². The van der Waals surface area contributed by atoms with E-state index in [1.165, 1.54) is 56.1 Å². The number of para-hydroxylation sites is 1. The fraction of sp³-hybridized carbons (Fsp3) is 0.319. The molecule has 4 aromatic carbocycles. The molecule has 7 rings (SSSR count). The zero-order valence-electron chi connectivity index (χ0n) is 32.6. The highest BCUT2D eigenvalue weighted by molar-refractivity contribution is 6.09. The SMILES string of the molecule is CCCCc1ccnc(-n2c3ccccc3c3ccc(Oc4cc(C(C)C)cc(-n5nc(C)c(-c6c(C)cc(C(C)(C)C)cc6C)c5C)c4)cc32)c1. The maximum Gasteiger partial charge on any atom is 0.137 e. The van der Waals surface area contributed by atoms with Gasteiger partial charge in [0.1, 0.15) is 17.3 Å². The molecule has 0 aliphatic heterocycles. The Morgan fingerprint density at radius 1 is 0.750 bits per heavy atom. The minimum absolute atomic E-state index is 0.0906. The van der Waals surface area contributed by atoms with Gasteiger partial charge in [-0.05, 0) is 128 Å². The Morgan fingerprint density at radius 3 is 2.19 bits per heavy atom. The molecular weight excluding hydrogens is 637 g/mol. The molecule has 0 saturated heterocycles. The third-order valence-electron chi connectivity index (χ3n) is 10.5. The van der Waals surface area contributed by atoms with Crippen molar-refractivity contribution in [1.29, 1.82) is 0 Å². The van der Waals surface area contributed by atoms with Crippen LogP contribution in [0, 0.1) is 27.7 Å². The summed E-state index contributed by atoms with van der Waals surface area (Å²) in [4.78, 5) is 4.86. The van der Waals surface area contributed by atoms with Crippen LogP contribution in [0.2, 0.25) is 0 Å². The van der Waals surface area contributed by atoms with E-state index >= 15 is 0 Å². The first kappa shape index (κ1) is 35.3. The maximum absolute atomic E-state index is 6.77. The molecule has 0 unspecified atom stereocenters. The monoisotopic (exact) mass is 688 g/mol. The summed E-state index contributed by atoms with van der Waals surface area (Å²) in [5, 5.41) is 7.52. The number of pyridine rings is 1. The number of benzene rings is 4. The van der Waals surface area contributed by atoms with Crippen LogP contribution in [0.15, 0.2) is 91.1 Å². The summed E-state index contributed by atoms with van der Waals surface area (Å²) in [6.45, 7) is 22.3. The summed E-state index contributed by atoms with van der Waals surface area (Å²) >= 11 is 0. The standard InChI is InChI=1S/C47H52N4O/c1-11-12-15-34-20-21-48-44(24-34)50-42-17-14-13-16-40(42)41-19-18-38(28-43(41)50)52-39-26-35(29(2)3)25-37(27-39)51-33(7)46(32(6)49-51)45-30(4)22-36(23-31(45)5)47(8,9)10/h13-14,16-29H,11-12,15H2,1-10H3. The van der Waals surface area contributed by atoms with Crippen LogP contribution >= 0.6 is 0 Å². The zero-order chi connectivity index (χ0) is 36.9. The number of aromatic nitrogens is 4. The molecule has 0 amide bonds. The van der Waals surface area contributed by atoms with Crippen LogP contribution in [0.4, 0.5) is 0 Å². The van der Waals surface area contributed by atoms with E-state index in [0.717, 1.165) is 58.3 Å². The van der Waals surface area contributed by atoms with Gasteiger partial charge in [-0.3, -0.25) is 4.57 Å². The molecule has 0 aliphatic rings. The predicted molar refractivity (Wildman–Crippen MR) is 218 cm³/mol. The van der Waals surface area contributed by atoms with Gasteiger partial charge in [0.05, 0.1) is 22.4 Å². The number of hydrogen-bond acceptors (Lipinski definition) is 3. The van der Waals surface area contributed by atoms with Gasteiger partial charge in [0.25, 0.3) is 0 Å². The highest BCUT2D eigenvalue weighted by Gasteiger charge is 2.22. The molecule has 0 bridgehead atoms. The molecule has 0 aliphatic carbocycles. The minimum Gasteiger partial charge on any atom is -0.457 e. The molecule has 0 saturated carbocycles. The Kier molecular flexibility index (Phi) is 9.33. The molecule has 7 aromatic rings. The number of ether oxygens (including phenoxy) is 1. The zero-order valence-corrected chi connectivity index (χ0v) is 32.6. The molecule has 3 heterocycles. The normalized spacial score (nSPS) is 12.1. The van der Waals surface area contributed by atoms with Crippen molar-refractivity contribution in [2.45, 2.75) is 99.8 Å². The highest BCUT2D eigenvalue weighted by atomic mass is 16.5. The van der Waals surface area contributed by atoms with Crippen molar-refractivity contribution in [2.75, 3.05) is 0 Å². The van der Waals surface area contributed by atoms with Crippen LogP contribution in [0.1, 0.15) is 99.5 Å². The van der Waals surface area contributed by atoms with Gasteiger partial charge < -0.3 is 4.74 Å². The average Bonchev–Trinajstić information content (AvgIpc) is 3.59. The van der Waals surface area contributed by atoms with Crippen molar-refractivity contribution in [3.8, 4) is 34.1 Å². The summed E-state index contributed by atoms with van der Waals surface area (Å²) in [7, 11) is 0. The lowest BCUT2D eigenvalue weighted by Crippen LogP contribution is -2.12. The number of unbranched alkanes of at least 4 members (excludes halogenated alkanes) is 1. The minimum atomic E-state index is 0.0906. The topological polar surface area (TPSA) is 44.9 Å². The molecule has 52 heavy (non-hydrogen) atoms. The molecule has 5 heteroatoms. The Balaban J connectivity index is 1.31. The smallest absolute Gasteiger partial charge is 0.137 e. The van der Waals surface area contributed by atoms with Gasteiger partial charge in [-0.2, -0.15) is 5.10 Å². The van der Waals surface area contributed by atoms with Crippen molar-refractivity contribution in [3.63, 3.8) is 0 Å². The van der Waals surface area contributed by atoms with Crippen molar-refractivity contribution < 1.29 is 4.74 Å². The molecule has 0 spiro atoms. The van der Waals surface area contributed by atoms with Crippen molar-refractivity contribution >= 4 is 21.8 Å². The molecule has 0 N–H and O–H groups in total. The van der Waals surface area contributed by atoms with Crippen molar-refractivity contribution in [2.24, 2.45) is 0 Å². The fourth-order valence-corrected chi connectivity index (χ4v) is 7.68. The van der Waals surface area contributed by atoms with E-state index in [9.17, 15) is 0 Å². The summed E-state index contributed by atoms with van der Waals surface area (Å²) in [5.74, 6) is 2.81. The Bertz CT molecular complexity index is 2410. The lowest BCUT2D eigenvalue weighted by molar-refractivity contribution is 0.481. The number of nitrogens with zero attached hydrogens (tertiary/aromatic N) is 4. The number of aryl methyl sites for hydroxylation is 4. The van der Waals surface area contributed by atoms with E-state index in [1.54, 1.807) is 0 Å². The lowest BCUT2D eigenvalue weighted by Gasteiger charge is -2.22. The predicted octanol–water partition coefficient (Wildman–Crippen LogP) is 12.8. The average molecular weight is 689 g/mol. The van der Waals surface area contributed by atoms with E-state index in [2.05, 4.69) is 163 Å². The number of rotatable bonds is 9. The third kappa shape index (κ3) is 6.53. The summed E-state index contributed by atoms with van der Waals surface area (Å²) in [6.07, 6.45) is 5.31. The molecule has 0 atom stereocenters. The first-order valence-corrected chi connectivity index (χ1v) is 18.8. The van der Waals surface area contributed by atoms with E-state index in [1.807, 2.05) is 6.20 Å². The summed E-state index contributed by atoms with van der Waals surface area (Å²) in [6, 6.07) is 30.6. The van der Waals surface area contributed by atoms with Crippen LogP contribution in [0.25, 0.3) is 44.4 Å². The van der Waals surface area contributed by atoms with Crippen molar-refractivity contribution in [3.05, 3.63) is 130 Å². The van der Waals surface area contributed by atoms with Crippen molar-refractivity contribution in [1.82, 2.24) is 19.3 Å². The van der Waals surface area contributed by atoms with Crippen LogP contribution in [0.3, 0.4) is 0 Å². The lowest BCUT2D eigenvalue weighted by atomic mass is 9.82. The van der Waals surface area contributed by atoms with Gasteiger partial charge in [-0.15, -0.1) is 0 Å². The van der Waals surface area contributed by atoms with E-state index in [0.29, 0.717) is 5.92 Å². The number of hydrogen-bond donors (Lipinski definition) is 0. The first-order chi connectivity index (χ1) is 24.8. The van der Waals surface area contributed by atoms with Gasteiger partial charge in [-0.1, -0.05) is 78.3 Å². The Labute approximate surface area is 309 Å². The first-order valence-electron chi connectivity index (χ1n) is 18.8. The van der Waals surface area contributed by atoms with Crippen LogP contribution in [-0.4, -0.2) is 19.3 Å². The van der Waals surface area contributed by atoms with Gasteiger partial charge in [0.2, 0.25) is 0 Å². The van der Waals surface area contributed by atoms with Gasteiger partial charge >= 0.3 is 0 Å². The molecule has 0 radical (unpaired) electrons. The molecule has 0 fully saturated rings. The quantitative estimate of drug-likeness (QED) is 0.152. The van der Waals surface area contributed by atoms with Gasteiger partial charge in [0.15, 0.2) is 0 Å². The molecule has 266 valence electrons. The molecule has 5 nitrogen and oxygen atoms in total.